The summed E-state index contributed by atoms with van der Waals surface area (Å²) in [5, 5.41) is 9.50. The predicted octanol–water partition coefficient (Wildman–Crippen LogP) is 3.13. The molecule has 1 aliphatic carbocycles. The van der Waals surface area contributed by atoms with Gasteiger partial charge in [0.2, 0.25) is 0 Å². The van der Waals surface area contributed by atoms with E-state index in [1.165, 1.54) is 12.8 Å². The zero-order valence-corrected chi connectivity index (χ0v) is 13.0. The molecule has 5 heteroatoms. The summed E-state index contributed by atoms with van der Waals surface area (Å²) in [5.41, 5.74) is 0.574. The number of aliphatic hydroxyl groups excluding tert-OH is 1. The first-order valence-corrected chi connectivity index (χ1v) is 7.62. The molecule has 0 heterocycles. The molecule has 19 heavy (non-hydrogen) atoms. The highest BCUT2D eigenvalue weighted by atomic mass is 79.9. The summed E-state index contributed by atoms with van der Waals surface area (Å²) in [6, 6.07) is 5.87. The lowest BCUT2D eigenvalue weighted by Crippen LogP contribution is -2.31. The molecule has 0 bridgehead atoms. The standard InChI is InChI=1S/C14H17BrClNO2/c15-10-1-4-12(13(16)9-10)14(19)5-6-17(7-8-18)11-2-3-11/h1,4,9,11,18H,2-3,5-8H2. The van der Waals surface area contributed by atoms with Crippen LogP contribution in [0.4, 0.5) is 0 Å². The number of carbonyl (C=O) groups is 1. The van der Waals surface area contributed by atoms with Crippen molar-refractivity contribution in [3.05, 3.63) is 33.3 Å². The number of aliphatic hydroxyl groups is 1. The normalized spacial score (nSPS) is 14.9. The second kappa shape index (κ2) is 6.84. The highest BCUT2D eigenvalue weighted by molar-refractivity contribution is 9.10. The van der Waals surface area contributed by atoms with Crippen molar-refractivity contribution in [3.63, 3.8) is 0 Å². The van der Waals surface area contributed by atoms with E-state index in [9.17, 15) is 4.79 Å². The van der Waals surface area contributed by atoms with E-state index in [1.54, 1.807) is 12.1 Å². The topological polar surface area (TPSA) is 40.5 Å². The summed E-state index contributed by atoms with van der Waals surface area (Å²) in [6.45, 7) is 1.48. The third-order valence-corrected chi connectivity index (χ3v) is 4.11. The molecule has 0 atom stereocenters. The number of nitrogens with zero attached hydrogens (tertiary/aromatic N) is 1. The Kier molecular flexibility index (Phi) is 5.39. The minimum atomic E-state index is 0.0566. The summed E-state index contributed by atoms with van der Waals surface area (Å²) < 4.78 is 0.869. The van der Waals surface area contributed by atoms with Crippen LogP contribution in [0.25, 0.3) is 0 Å². The molecule has 1 saturated carbocycles. The van der Waals surface area contributed by atoms with Crippen LogP contribution in [-0.2, 0) is 0 Å². The number of ketones is 1. The van der Waals surface area contributed by atoms with E-state index in [2.05, 4.69) is 20.8 Å². The lowest BCUT2D eigenvalue weighted by Gasteiger charge is -2.20. The molecule has 0 aromatic heterocycles. The fourth-order valence-corrected chi connectivity index (χ4v) is 2.92. The van der Waals surface area contributed by atoms with Crippen LogP contribution in [0.1, 0.15) is 29.6 Å². The first-order valence-electron chi connectivity index (χ1n) is 6.45. The minimum Gasteiger partial charge on any atom is -0.395 e. The average molecular weight is 347 g/mol. The maximum Gasteiger partial charge on any atom is 0.165 e. The molecular formula is C14H17BrClNO2. The number of halogens is 2. The molecular weight excluding hydrogens is 330 g/mol. The van der Waals surface area contributed by atoms with Gasteiger partial charge < -0.3 is 5.11 Å². The Morgan fingerprint density at radius 1 is 1.42 bits per heavy atom. The zero-order chi connectivity index (χ0) is 13.8. The van der Waals surface area contributed by atoms with Crippen LogP contribution in [-0.4, -0.2) is 41.5 Å². The van der Waals surface area contributed by atoms with Gasteiger partial charge in [0.1, 0.15) is 0 Å². The predicted molar refractivity (Wildman–Crippen MR) is 79.8 cm³/mol. The van der Waals surface area contributed by atoms with Crippen molar-refractivity contribution in [1.29, 1.82) is 0 Å². The summed E-state index contributed by atoms with van der Waals surface area (Å²) in [4.78, 5) is 14.3. The van der Waals surface area contributed by atoms with E-state index in [1.807, 2.05) is 6.07 Å². The van der Waals surface area contributed by atoms with Crippen molar-refractivity contribution in [2.75, 3.05) is 19.7 Å². The van der Waals surface area contributed by atoms with Gasteiger partial charge in [0.25, 0.3) is 0 Å². The van der Waals surface area contributed by atoms with E-state index in [4.69, 9.17) is 16.7 Å². The third-order valence-electron chi connectivity index (χ3n) is 3.31. The SMILES string of the molecule is O=C(CCN(CCO)C1CC1)c1ccc(Br)cc1Cl. The highest BCUT2D eigenvalue weighted by Gasteiger charge is 2.28. The van der Waals surface area contributed by atoms with Crippen LogP contribution in [0.5, 0.6) is 0 Å². The van der Waals surface area contributed by atoms with Crippen molar-refractivity contribution < 1.29 is 9.90 Å². The number of hydrogen-bond donors (Lipinski definition) is 1. The Bertz CT molecular complexity index is 463. The van der Waals surface area contributed by atoms with Gasteiger partial charge in [-0.05, 0) is 31.0 Å². The smallest absolute Gasteiger partial charge is 0.165 e. The number of Topliss-reactive ketones (excluding diaryl/α,β-unsaturated/α-hetero) is 1. The third kappa shape index (κ3) is 4.28. The molecule has 3 nitrogen and oxygen atoms in total. The molecule has 0 amide bonds. The van der Waals surface area contributed by atoms with E-state index in [0.29, 0.717) is 36.1 Å². The second-order valence-electron chi connectivity index (χ2n) is 4.79. The van der Waals surface area contributed by atoms with E-state index < -0.39 is 0 Å². The van der Waals surface area contributed by atoms with E-state index >= 15 is 0 Å². The Morgan fingerprint density at radius 2 is 2.16 bits per heavy atom. The van der Waals surface area contributed by atoms with Crippen molar-refractivity contribution >= 4 is 33.3 Å². The van der Waals surface area contributed by atoms with Gasteiger partial charge in [0.15, 0.2) is 5.78 Å². The van der Waals surface area contributed by atoms with Gasteiger partial charge in [-0.15, -0.1) is 0 Å². The monoisotopic (exact) mass is 345 g/mol. The number of hydrogen-bond acceptors (Lipinski definition) is 3. The lowest BCUT2D eigenvalue weighted by atomic mass is 10.1. The second-order valence-corrected chi connectivity index (χ2v) is 6.11. The molecule has 1 N–H and O–H groups in total. The molecule has 104 valence electrons. The van der Waals surface area contributed by atoms with Crippen molar-refractivity contribution in [2.24, 2.45) is 0 Å². The fraction of sp³-hybridized carbons (Fsp3) is 0.500. The maximum absolute atomic E-state index is 12.1. The number of benzene rings is 1. The molecule has 2 rings (SSSR count). The summed E-state index contributed by atoms with van der Waals surface area (Å²) >= 11 is 9.40. The van der Waals surface area contributed by atoms with Crippen molar-refractivity contribution in [1.82, 2.24) is 4.90 Å². The number of carbonyl (C=O) groups excluding carboxylic acids is 1. The highest BCUT2D eigenvalue weighted by Crippen LogP contribution is 2.27. The minimum absolute atomic E-state index is 0.0566. The van der Waals surface area contributed by atoms with Gasteiger partial charge in [-0.3, -0.25) is 9.69 Å². The molecule has 0 unspecified atom stereocenters. The van der Waals surface area contributed by atoms with Gasteiger partial charge >= 0.3 is 0 Å². The Balaban J connectivity index is 1.92. The van der Waals surface area contributed by atoms with Gasteiger partial charge in [0.05, 0.1) is 11.6 Å². The van der Waals surface area contributed by atoms with Gasteiger partial charge in [-0.2, -0.15) is 0 Å². The van der Waals surface area contributed by atoms with E-state index in [-0.39, 0.29) is 12.4 Å². The summed E-state index contributed by atoms with van der Waals surface area (Å²) in [6.07, 6.45) is 2.79. The maximum atomic E-state index is 12.1. The van der Waals surface area contributed by atoms with Crippen LogP contribution in [0, 0.1) is 0 Å². The van der Waals surface area contributed by atoms with Crippen LogP contribution >= 0.6 is 27.5 Å². The summed E-state index contributed by atoms with van der Waals surface area (Å²) in [5.74, 6) is 0.0566. The van der Waals surface area contributed by atoms with Gasteiger partial charge in [0, 0.05) is 35.6 Å². The molecule has 0 aliphatic heterocycles. The van der Waals surface area contributed by atoms with Gasteiger partial charge in [-0.25, -0.2) is 0 Å². The first kappa shape index (κ1) is 15.0. The van der Waals surface area contributed by atoms with Crippen molar-refractivity contribution in [3.8, 4) is 0 Å². The molecule has 0 spiro atoms. The molecule has 1 fully saturated rings. The fourth-order valence-electron chi connectivity index (χ4n) is 2.14. The zero-order valence-electron chi connectivity index (χ0n) is 10.6. The van der Waals surface area contributed by atoms with Crippen LogP contribution in [0.3, 0.4) is 0 Å². The molecule has 1 aromatic rings. The average Bonchev–Trinajstić information content (AvgIpc) is 3.18. The first-order chi connectivity index (χ1) is 9.11. The Labute approximate surface area is 126 Å². The number of rotatable bonds is 7. The quantitative estimate of drug-likeness (QED) is 0.771. The molecule has 0 saturated heterocycles. The van der Waals surface area contributed by atoms with Crippen LogP contribution in [0.2, 0.25) is 5.02 Å². The Morgan fingerprint density at radius 3 is 2.74 bits per heavy atom. The molecule has 1 aromatic carbocycles. The summed E-state index contributed by atoms with van der Waals surface area (Å²) in [7, 11) is 0. The molecule has 0 radical (unpaired) electrons. The Hall–Kier alpha value is -0.420. The lowest BCUT2D eigenvalue weighted by molar-refractivity contribution is 0.0954. The van der Waals surface area contributed by atoms with Crippen LogP contribution in [0.15, 0.2) is 22.7 Å². The molecule has 1 aliphatic rings. The largest absolute Gasteiger partial charge is 0.395 e. The van der Waals surface area contributed by atoms with E-state index in [0.717, 1.165) is 4.47 Å². The van der Waals surface area contributed by atoms with Gasteiger partial charge in [-0.1, -0.05) is 27.5 Å². The van der Waals surface area contributed by atoms with Crippen LogP contribution < -0.4 is 0 Å². The van der Waals surface area contributed by atoms with Crippen molar-refractivity contribution in [2.45, 2.75) is 25.3 Å².